The van der Waals surface area contributed by atoms with Gasteiger partial charge in [0.15, 0.2) is 0 Å². The van der Waals surface area contributed by atoms with E-state index in [4.69, 9.17) is 23.2 Å². The second-order valence-electron chi connectivity index (χ2n) is 3.72. The molecule has 0 aliphatic carbocycles. The standard InChI is InChI=1S/C12H13Cl2NO3/c1-7-3-8(5-9(13)4-7)11(16)15-6-10(14)12(17)18-2/h3-5,10H,6H2,1-2H3,(H,15,16). The lowest BCUT2D eigenvalue weighted by Gasteiger charge is -2.09. The number of hydrogen-bond donors (Lipinski definition) is 1. The lowest BCUT2D eigenvalue weighted by Crippen LogP contribution is -2.34. The molecule has 1 amide bonds. The Morgan fingerprint density at radius 1 is 1.39 bits per heavy atom. The molecule has 98 valence electrons. The van der Waals surface area contributed by atoms with Crippen LogP contribution in [0.25, 0.3) is 0 Å². The third kappa shape index (κ3) is 4.20. The van der Waals surface area contributed by atoms with Gasteiger partial charge in [-0.2, -0.15) is 0 Å². The lowest BCUT2D eigenvalue weighted by molar-refractivity contribution is -0.140. The minimum atomic E-state index is -0.903. The fourth-order valence-corrected chi connectivity index (χ4v) is 1.82. The first kappa shape index (κ1) is 14.8. The van der Waals surface area contributed by atoms with Gasteiger partial charge in [-0.15, -0.1) is 11.6 Å². The van der Waals surface area contributed by atoms with Crippen LogP contribution < -0.4 is 5.32 Å². The van der Waals surface area contributed by atoms with Crippen LogP contribution in [0.15, 0.2) is 18.2 Å². The molecule has 1 aromatic carbocycles. The molecule has 0 aliphatic rings. The van der Waals surface area contributed by atoms with Crippen LogP contribution in [-0.4, -0.2) is 30.9 Å². The summed E-state index contributed by atoms with van der Waals surface area (Å²) in [7, 11) is 1.24. The van der Waals surface area contributed by atoms with Gasteiger partial charge >= 0.3 is 5.97 Å². The average molecular weight is 290 g/mol. The number of nitrogens with one attached hydrogen (secondary N) is 1. The molecule has 1 unspecified atom stereocenters. The van der Waals surface area contributed by atoms with Gasteiger partial charge in [0.05, 0.1) is 7.11 Å². The normalized spacial score (nSPS) is 11.8. The fourth-order valence-electron chi connectivity index (χ4n) is 1.36. The Morgan fingerprint density at radius 3 is 2.61 bits per heavy atom. The SMILES string of the molecule is COC(=O)C(Cl)CNC(=O)c1cc(C)cc(Cl)c1. The minimum absolute atomic E-state index is 0.00137. The van der Waals surface area contributed by atoms with E-state index < -0.39 is 11.3 Å². The van der Waals surface area contributed by atoms with Crippen LogP contribution in [0.5, 0.6) is 0 Å². The molecule has 0 saturated heterocycles. The molecule has 0 bridgehead atoms. The van der Waals surface area contributed by atoms with E-state index in [-0.39, 0.29) is 12.5 Å². The van der Waals surface area contributed by atoms with E-state index in [0.717, 1.165) is 5.56 Å². The van der Waals surface area contributed by atoms with Crippen molar-refractivity contribution in [3.8, 4) is 0 Å². The molecule has 0 radical (unpaired) electrons. The maximum Gasteiger partial charge on any atom is 0.325 e. The van der Waals surface area contributed by atoms with Crippen LogP contribution in [-0.2, 0) is 9.53 Å². The van der Waals surface area contributed by atoms with Crippen molar-refractivity contribution in [2.45, 2.75) is 12.3 Å². The Hall–Kier alpha value is -1.26. The summed E-state index contributed by atoms with van der Waals surface area (Å²) in [6.07, 6.45) is 0. The molecule has 0 heterocycles. The molecular weight excluding hydrogens is 277 g/mol. The molecule has 18 heavy (non-hydrogen) atoms. The number of halogens is 2. The van der Waals surface area contributed by atoms with Gasteiger partial charge in [-0.25, -0.2) is 0 Å². The van der Waals surface area contributed by atoms with Gasteiger partial charge in [-0.05, 0) is 30.7 Å². The van der Waals surface area contributed by atoms with Crippen molar-refractivity contribution in [1.82, 2.24) is 5.32 Å². The van der Waals surface area contributed by atoms with Crippen molar-refractivity contribution >= 4 is 35.1 Å². The van der Waals surface area contributed by atoms with Gasteiger partial charge in [0.25, 0.3) is 5.91 Å². The molecule has 0 aromatic heterocycles. The number of amides is 1. The Bertz CT molecular complexity index is 442. The Labute approximate surface area is 115 Å². The molecule has 0 saturated carbocycles. The quantitative estimate of drug-likeness (QED) is 0.683. The first-order valence-electron chi connectivity index (χ1n) is 5.21. The molecule has 6 heteroatoms. The van der Waals surface area contributed by atoms with E-state index in [1.54, 1.807) is 18.2 Å². The van der Waals surface area contributed by atoms with E-state index in [1.807, 2.05) is 6.92 Å². The van der Waals surface area contributed by atoms with Gasteiger partial charge in [0.1, 0.15) is 5.38 Å². The van der Waals surface area contributed by atoms with Crippen molar-refractivity contribution in [2.75, 3.05) is 13.7 Å². The van der Waals surface area contributed by atoms with Crippen LogP contribution >= 0.6 is 23.2 Å². The zero-order chi connectivity index (χ0) is 13.7. The Kier molecular flexibility index (Phi) is 5.44. The van der Waals surface area contributed by atoms with E-state index in [1.165, 1.54) is 7.11 Å². The molecular formula is C12H13Cl2NO3. The summed E-state index contributed by atoms with van der Waals surface area (Å²) in [6, 6.07) is 4.99. The topological polar surface area (TPSA) is 55.4 Å². The summed E-state index contributed by atoms with van der Waals surface area (Å²) in [5, 5.41) is 2.12. The van der Waals surface area contributed by atoms with Crippen LogP contribution in [0.1, 0.15) is 15.9 Å². The predicted octanol–water partition coefficient (Wildman–Crippen LogP) is 2.16. The van der Waals surface area contributed by atoms with Gasteiger partial charge in [-0.3, -0.25) is 9.59 Å². The van der Waals surface area contributed by atoms with Crippen LogP contribution in [0, 0.1) is 6.92 Å². The number of esters is 1. The largest absolute Gasteiger partial charge is 0.468 e. The number of rotatable bonds is 4. The highest BCUT2D eigenvalue weighted by Crippen LogP contribution is 2.14. The maximum atomic E-state index is 11.8. The number of benzene rings is 1. The molecule has 0 spiro atoms. The number of alkyl halides is 1. The van der Waals surface area contributed by atoms with Crippen LogP contribution in [0.2, 0.25) is 5.02 Å². The Balaban J connectivity index is 2.63. The summed E-state index contributed by atoms with van der Waals surface area (Å²) >= 11 is 11.6. The molecule has 0 fully saturated rings. The highest BCUT2D eigenvalue weighted by Gasteiger charge is 2.17. The Morgan fingerprint density at radius 2 is 2.06 bits per heavy atom. The summed E-state index contributed by atoms with van der Waals surface area (Å²) in [5.74, 6) is -0.922. The predicted molar refractivity (Wildman–Crippen MR) is 70.2 cm³/mol. The van der Waals surface area contributed by atoms with Crippen LogP contribution in [0.4, 0.5) is 0 Å². The highest BCUT2D eigenvalue weighted by molar-refractivity contribution is 6.31. The third-order valence-electron chi connectivity index (χ3n) is 2.20. The number of carbonyl (C=O) groups is 2. The van der Waals surface area contributed by atoms with E-state index in [0.29, 0.717) is 10.6 Å². The number of hydrogen-bond acceptors (Lipinski definition) is 3. The van der Waals surface area contributed by atoms with Crippen molar-refractivity contribution in [3.05, 3.63) is 34.3 Å². The molecule has 4 nitrogen and oxygen atoms in total. The van der Waals surface area contributed by atoms with Crippen LogP contribution in [0.3, 0.4) is 0 Å². The first-order valence-corrected chi connectivity index (χ1v) is 6.02. The zero-order valence-electron chi connectivity index (χ0n) is 10.00. The summed E-state index contributed by atoms with van der Waals surface area (Å²) in [5.41, 5.74) is 1.30. The maximum absolute atomic E-state index is 11.8. The summed E-state index contributed by atoms with van der Waals surface area (Å²) in [4.78, 5) is 22.8. The number of aryl methyl sites for hydroxylation is 1. The summed E-state index contributed by atoms with van der Waals surface area (Å²) < 4.78 is 4.44. The fraction of sp³-hybridized carbons (Fsp3) is 0.333. The molecule has 1 aromatic rings. The van der Waals surface area contributed by atoms with Crippen molar-refractivity contribution in [2.24, 2.45) is 0 Å². The second-order valence-corrected chi connectivity index (χ2v) is 4.68. The molecule has 1 N–H and O–H groups in total. The third-order valence-corrected chi connectivity index (χ3v) is 2.75. The van der Waals surface area contributed by atoms with E-state index in [9.17, 15) is 9.59 Å². The monoisotopic (exact) mass is 289 g/mol. The van der Waals surface area contributed by atoms with Crippen molar-refractivity contribution in [1.29, 1.82) is 0 Å². The van der Waals surface area contributed by atoms with Gasteiger partial charge in [0.2, 0.25) is 0 Å². The molecule has 1 atom stereocenters. The highest BCUT2D eigenvalue weighted by atomic mass is 35.5. The smallest absolute Gasteiger partial charge is 0.325 e. The summed E-state index contributed by atoms with van der Waals surface area (Å²) in [6.45, 7) is 1.83. The average Bonchev–Trinajstić information content (AvgIpc) is 2.33. The van der Waals surface area contributed by atoms with Gasteiger partial charge in [0, 0.05) is 17.1 Å². The van der Waals surface area contributed by atoms with E-state index >= 15 is 0 Å². The zero-order valence-corrected chi connectivity index (χ0v) is 11.5. The first-order chi connectivity index (χ1) is 8.43. The van der Waals surface area contributed by atoms with Gasteiger partial charge in [-0.1, -0.05) is 11.6 Å². The number of methoxy groups -OCH3 is 1. The number of ether oxygens (including phenoxy) is 1. The second kappa shape index (κ2) is 6.61. The van der Waals surface area contributed by atoms with Crippen molar-refractivity contribution in [3.63, 3.8) is 0 Å². The minimum Gasteiger partial charge on any atom is -0.468 e. The molecule has 0 aliphatic heterocycles. The van der Waals surface area contributed by atoms with Crippen molar-refractivity contribution < 1.29 is 14.3 Å². The lowest BCUT2D eigenvalue weighted by atomic mass is 10.1. The molecule has 1 rings (SSSR count). The van der Waals surface area contributed by atoms with E-state index in [2.05, 4.69) is 10.1 Å². The van der Waals surface area contributed by atoms with Gasteiger partial charge < -0.3 is 10.1 Å². The number of carbonyl (C=O) groups excluding carboxylic acids is 2.